The number of rotatable bonds is 6. The van der Waals surface area contributed by atoms with Gasteiger partial charge in [0.25, 0.3) is 0 Å². The molecule has 1 aliphatic heterocycles. The lowest BCUT2D eigenvalue weighted by atomic mass is 10.0. The lowest BCUT2D eigenvalue weighted by molar-refractivity contribution is -0.123. The highest BCUT2D eigenvalue weighted by molar-refractivity contribution is 5.78. The van der Waals surface area contributed by atoms with Gasteiger partial charge in [-0.15, -0.1) is 0 Å². The maximum absolute atomic E-state index is 12.6. The molecule has 4 nitrogen and oxygen atoms in total. The second-order valence-electron chi connectivity index (χ2n) is 8.04. The summed E-state index contributed by atoms with van der Waals surface area (Å²) < 4.78 is 0. The topological polar surface area (TPSA) is 35.6 Å². The van der Waals surface area contributed by atoms with Gasteiger partial charge in [0.05, 0.1) is 12.6 Å². The Balaban J connectivity index is 1.26. The summed E-state index contributed by atoms with van der Waals surface area (Å²) in [6.07, 6.45) is 8.02. The van der Waals surface area contributed by atoms with E-state index < -0.39 is 0 Å². The van der Waals surface area contributed by atoms with Gasteiger partial charge in [0.1, 0.15) is 0 Å². The summed E-state index contributed by atoms with van der Waals surface area (Å²) in [4.78, 5) is 17.6. The van der Waals surface area contributed by atoms with E-state index in [0.717, 1.165) is 32.2 Å². The molecule has 0 radical (unpaired) electrons. The molecule has 136 valence electrons. The van der Waals surface area contributed by atoms with Gasteiger partial charge in [-0.05, 0) is 37.2 Å². The molecule has 2 saturated carbocycles. The number of amides is 1. The minimum atomic E-state index is 0.190. The smallest absolute Gasteiger partial charge is 0.234 e. The third kappa shape index (κ3) is 4.42. The van der Waals surface area contributed by atoms with Crippen molar-refractivity contribution < 1.29 is 4.79 Å². The molecule has 1 heterocycles. The first-order valence-corrected chi connectivity index (χ1v) is 10.1. The van der Waals surface area contributed by atoms with E-state index in [4.69, 9.17) is 0 Å². The van der Waals surface area contributed by atoms with E-state index in [2.05, 4.69) is 39.4 Å². The SMILES string of the molecule is O=C(CN1CCN(C2CCCC2)CC1)NC(c1ccccc1)C1CC1. The molecule has 1 amide bonds. The monoisotopic (exact) mass is 341 g/mol. The molecular weight excluding hydrogens is 310 g/mol. The highest BCUT2D eigenvalue weighted by atomic mass is 16.2. The van der Waals surface area contributed by atoms with Gasteiger partial charge < -0.3 is 5.32 Å². The Morgan fingerprint density at radius 3 is 2.32 bits per heavy atom. The lowest BCUT2D eigenvalue weighted by Crippen LogP contribution is -2.52. The molecule has 1 atom stereocenters. The Labute approximate surface area is 151 Å². The molecule has 1 aromatic carbocycles. The van der Waals surface area contributed by atoms with Crippen LogP contribution in [0.3, 0.4) is 0 Å². The van der Waals surface area contributed by atoms with Crippen molar-refractivity contribution in [3.8, 4) is 0 Å². The van der Waals surface area contributed by atoms with Gasteiger partial charge in [-0.25, -0.2) is 0 Å². The van der Waals surface area contributed by atoms with E-state index in [-0.39, 0.29) is 11.9 Å². The number of hydrogen-bond acceptors (Lipinski definition) is 3. The van der Waals surface area contributed by atoms with Crippen molar-refractivity contribution in [1.29, 1.82) is 0 Å². The van der Waals surface area contributed by atoms with Crippen LogP contribution in [-0.4, -0.2) is 54.5 Å². The number of piperazine rings is 1. The van der Waals surface area contributed by atoms with Crippen LogP contribution in [0.4, 0.5) is 0 Å². The summed E-state index contributed by atoms with van der Waals surface area (Å²) in [7, 11) is 0. The summed E-state index contributed by atoms with van der Waals surface area (Å²) in [5.41, 5.74) is 1.25. The second-order valence-corrected chi connectivity index (χ2v) is 8.04. The second kappa shape index (κ2) is 7.88. The van der Waals surface area contributed by atoms with E-state index in [0.29, 0.717) is 12.5 Å². The van der Waals surface area contributed by atoms with E-state index in [9.17, 15) is 4.79 Å². The average molecular weight is 341 g/mol. The maximum atomic E-state index is 12.6. The Bertz CT molecular complexity index is 558. The minimum absolute atomic E-state index is 0.190. The maximum Gasteiger partial charge on any atom is 0.234 e. The van der Waals surface area contributed by atoms with Crippen LogP contribution >= 0.6 is 0 Å². The van der Waals surface area contributed by atoms with Crippen LogP contribution < -0.4 is 5.32 Å². The van der Waals surface area contributed by atoms with Crippen LogP contribution in [0.2, 0.25) is 0 Å². The molecule has 0 spiro atoms. The molecule has 2 aliphatic carbocycles. The van der Waals surface area contributed by atoms with E-state index in [1.165, 1.54) is 44.1 Å². The minimum Gasteiger partial charge on any atom is -0.348 e. The van der Waals surface area contributed by atoms with Crippen molar-refractivity contribution in [2.45, 2.75) is 50.6 Å². The Kier molecular flexibility index (Phi) is 5.37. The fraction of sp³-hybridized carbons (Fsp3) is 0.667. The number of nitrogens with zero attached hydrogens (tertiary/aromatic N) is 2. The standard InChI is InChI=1S/C21H31N3O/c25-20(22-21(18-10-11-18)17-6-2-1-3-7-17)16-23-12-14-24(15-13-23)19-8-4-5-9-19/h1-3,6-7,18-19,21H,4-5,8-16H2,(H,22,25). The van der Waals surface area contributed by atoms with Gasteiger partial charge >= 0.3 is 0 Å². The molecule has 3 fully saturated rings. The van der Waals surface area contributed by atoms with E-state index in [1.54, 1.807) is 0 Å². The number of hydrogen-bond donors (Lipinski definition) is 1. The molecule has 1 N–H and O–H groups in total. The van der Waals surface area contributed by atoms with Gasteiger partial charge in [-0.3, -0.25) is 14.6 Å². The average Bonchev–Trinajstić information content (AvgIpc) is 3.34. The Hall–Kier alpha value is -1.39. The molecule has 0 bridgehead atoms. The zero-order chi connectivity index (χ0) is 17.1. The highest BCUT2D eigenvalue weighted by Gasteiger charge is 2.34. The number of carbonyl (C=O) groups is 1. The van der Waals surface area contributed by atoms with Gasteiger partial charge in [0, 0.05) is 32.2 Å². The zero-order valence-corrected chi connectivity index (χ0v) is 15.2. The van der Waals surface area contributed by atoms with Crippen LogP contribution in [0.1, 0.15) is 50.1 Å². The predicted octanol–water partition coefficient (Wildman–Crippen LogP) is 2.81. The largest absolute Gasteiger partial charge is 0.348 e. The van der Waals surface area contributed by atoms with Crippen LogP contribution in [-0.2, 0) is 4.79 Å². The Morgan fingerprint density at radius 2 is 1.68 bits per heavy atom. The molecular formula is C21H31N3O. The van der Waals surface area contributed by atoms with Crippen molar-refractivity contribution in [3.63, 3.8) is 0 Å². The van der Waals surface area contributed by atoms with Crippen molar-refractivity contribution in [2.75, 3.05) is 32.7 Å². The van der Waals surface area contributed by atoms with Gasteiger partial charge in [0.2, 0.25) is 5.91 Å². The van der Waals surface area contributed by atoms with Crippen molar-refractivity contribution >= 4 is 5.91 Å². The van der Waals surface area contributed by atoms with Crippen molar-refractivity contribution in [1.82, 2.24) is 15.1 Å². The predicted molar refractivity (Wildman–Crippen MR) is 100 cm³/mol. The van der Waals surface area contributed by atoms with Crippen LogP contribution in [0.5, 0.6) is 0 Å². The molecule has 4 heteroatoms. The normalized spacial score (nSPS) is 24.3. The Morgan fingerprint density at radius 1 is 1.00 bits per heavy atom. The third-order valence-corrected chi connectivity index (χ3v) is 6.18. The molecule has 3 aliphatic rings. The van der Waals surface area contributed by atoms with Crippen LogP contribution in [0, 0.1) is 5.92 Å². The first kappa shape index (κ1) is 17.0. The zero-order valence-electron chi connectivity index (χ0n) is 15.2. The van der Waals surface area contributed by atoms with E-state index >= 15 is 0 Å². The summed E-state index contributed by atoms with van der Waals surface area (Å²) in [6.45, 7) is 4.87. The van der Waals surface area contributed by atoms with Crippen LogP contribution in [0.15, 0.2) is 30.3 Å². The summed E-state index contributed by atoms with van der Waals surface area (Å²) in [5.74, 6) is 0.820. The molecule has 1 unspecified atom stereocenters. The summed E-state index contributed by atoms with van der Waals surface area (Å²) in [5, 5.41) is 3.31. The van der Waals surface area contributed by atoms with Gasteiger partial charge in [0.15, 0.2) is 0 Å². The number of carbonyl (C=O) groups excluding carboxylic acids is 1. The highest BCUT2D eigenvalue weighted by Crippen LogP contribution is 2.40. The summed E-state index contributed by atoms with van der Waals surface area (Å²) >= 11 is 0. The van der Waals surface area contributed by atoms with Crippen LogP contribution in [0.25, 0.3) is 0 Å². The van der Waals surface area contributed by atoms with Crippen molar-refractivity contribution in [3.05, 3.63) is 35.9 Å². The van der Waals surface area contributed by atoms with E-state index in [1.807, 2.05) is 6.07 Å². The summed E-state index contributed by atoms with van der Waals surface area (Å²) in [6, 6.07) is 11.5. The molecule has 4 rings (SSSR count). The molecule has 1 saturated heterocycles. The molecule has 25 heavy (non-hydrogen) atoms. The van der Waals surface area contributed by atoms with Gasteiger partial charge in [-0.1, -0.05) is 43.2 Å². The van der Waals surface area contributed by atoms with Gasteiger partial charge in [-0.2, -0.15) is 0 Å². The molecule has 0 aromatic heterocycles. The first-order chi connectivity index (χ1) is 12.3. The molecule has 1 aromatic rings. The third-order valence-electron chi connectivity index (χ3n) is 6.18. The first-order valence-electron chi connectivity index (χ1n) is 10.1. The number of benzene rings is 1. The fourth-order valence-corrected chi connectivity index (χ4v) is 4.54. The number of nitrogens with one attached hydrogen (secondary N) is 1. The lowest BCUT2D eigenvalue weighted by Gasteiger charge is -2.37. The fourth-order valence-electron chi connectivity index (χ4n) is 4.54. The quantitative estimate of drug-likeness (QED) is 0.864. The van der Waals surface area contributed by atoms with Crippen molar-refractivity contribution in [2.24, 2.45) is 5.92 Å².